The second-order valence-corrected chi connectivity index (χ2v) is 9.27. The van der Waals surface area contributed by atoms with Gasteiger partial charge in [-0.1, -0.05) is 42.5 Å². The van der Waals surface area contributed by atoms with Crippen LogP contribution in [-0.2, 0) is 0 Å². The van der Waals surface area contributed by atoms with Crippen molar-refractivity contribution in [3.63, 3.8) is 0 Å². The first kappa shape index (κ1) is 18.1. The fourth-order valence-electron chi connectivity index (χ4n) is 5.69. The van der Waals surface area contributed by atoms with Crippen LogP contribution in [0, 0.1) is 5.92 Å². The molecule has 1 N–H and O–H groups in total. The van der Waals surface area contributed by atoms with Crippen molar-refractivity contribution in [3.05, 3.63) is 83.9 Å². The molecule has 6 rings (SSSR count). The van der Waals surface area contributed by atoms with Crippen molar-refractivity contribution in [2.75, 3.05) is 0 Å². The van der Waals surface area contributed by atoms with Crippen LogP contribution in [-0.4, -0.2) is 14.5 Å². The van der Waals surface area contributed by atoms with Crippen molar-refractivity contribution in [1.82, 2.24) is 9.38 Å². The van der Waals surface area contributed by atoms with Gasteiger partial charge in [-0.2, -0.15) is 0 Å². The van der Waals surface area contributed by atoms with Crippen LogP contribution in [0.25, 0.3) is 16.3 Å². The Balaban J connectivity index is 1.27. The molecule has 0 spiro atoms. The molecule has 1 atom stereocenters. The van der Waals surface area contributed by atoms with E-state index in [9.17, 15) is 5.11 Å². The van der Waals surface area contributed by atoms with Crippen molar-refractivity contribution in [3.8, 4) is 0 Å². The Hall–Kier alpha value is -2.65. The quantitative estimate of drug-likeness (QED) is 0.435. The van der Waals surface area contributed by atoms with Gasteiger partial charge in [0.1, 0.15) is 0 Å². The van der Waals surface area contributed by atoms with Crippen LogP contribution in [0.2, 0.25) is 0 Å². The molecule has 0 unspecified atom stereocenters. The Morgan fingerprint density at radius 1 is 0.833 bits per heavy atom. The van der Waals surface area contributed by atoms with Crippen LogP contribution in [0.4, 0.5) is 0 Å². The van der Waals surface area contributed by atoms with Gasteiger partial charge in [-0.25, -0.2) is 4.98 Å². The molecule has 2 aromatic heterocycles. The van der Waals surface area contributed by atoms with Gasteiger partial charge in [-0.15, -0.1) is 0 Å². The zero-order chi connectivity index (χ0) is 20.1. The predicted molar refractivity (Wildman–Crippen MR) is 121 cm³/mol. The molecule has 0 radical (unpaired) electrons. The first-order valence-electron chi connectivity index (χ1n) is 11.4. The number of hydrogen-bond acceptors (Lipinski definition) is 2. The molecule has 0 bridgehead atoms. The second kappa shape index (κ2) is 7.24. The van der Waals surface area contributed by atoms with E-state index in [-0.39, 0.29) is 0 Å². The maximum Gasteiger partial charge on any atom is 0.0992 e. The van der Waals surface area contributed by atoms with Gasteiger partial charge in [0.05, 0.1) is 24.1 Å². The van der Waals surface area contributed by atoms with E-state index in [1.54, 1.807) is 0 Å². The minimum absolute atomic E-state index is 0.329. The highest BCUT2D eigenvalue weighted by molar-refractivity contribution is 5.86. The van der Waals surface area contributed by atoms with Crippen LogP contribution in [0.5, 0.6) is 0 Å². The highest BCUT2D eigenvalue weighted by Gasteiger charge is 2.34. The van der Waals surface area contributed by atoms with Crippen LogP contribution < -0.4 is 0 Å². The smallest absolute Gasteiger partial charge is 0.0992 e. The summed E-state index contributed by atoms with van der Waals surface area (Å²) in [6.07, 6.45) is 12.4. The summed E-state index contributed by atoms with van der Waals surface area (Å²) in [6, 6.07) is 17.7. The van der Waals surface area contributed by atoms with E-state index in [1.165, 1.54) is 34.7 Å². The number of aliphatic hydroxyl groups is 1. The summed E-state index contributed by atoms with van der Waals surface area (Å²) in [5.74, 6) is 1.55. The summed E-state index contributed by atoms with van der Waals surface area (Å²) in [7, 11) is 0. The number of pyridine rings is 1. The highest BCUT2D eigenvalue weighted by atomic mass is 16.3. The highest BCUT2D eigenvalue weighted by Crippen LogP contribution is 2.48. The van der Waals surface area contributed by atoms with Crippen LogP contribution in [0.3, 0.4) is 0 Å². The van der Waals surface area contributed by atoms with Crippen LogP contribution in [0.15, 0.2) is 67.3 Å². The van der Waals surface area contributed by atoms with Crippen molar-refractivity contribution >= 4 is 16.3 Å². The first-order chi connectivity index (χ1) is 14.8. The molecule has 0 amide bonds. The monoisotopic (exact) mass is 396 g/mol. The van der Waals surface area contributed by atoms with Gasteiger partial charge in [0.2, 0.25) is 0 Å². The minimum Gasteiger partial charge on any atom is -0.388 e. The molecule has 2 fully saturated rings. The molecule has 3 nitrogen and oxygen atoms in total. The van der Waals surface area contributed by atoms with Gasteiger partial charge in [0, 0.05) is 11.8 Å². The third kappa shape index (κ3) is 3.04. The number of benzene rings is 2. The summed E-state index contributed by atoms with van der Waals surface area (Å²) in [4.78, 5) is 4.34. The summed E-state index contributed by atoms with van der Waals surface area (Å²) in [5.41, 5.74) is 5.07. The lowest BCUT2D eigenvalue weighted by atomic mass is 9.74. The van der Waals surface area contributed by atoms with Crippen LogP contribution in [0.1, 0.15) is 73.2 Å². The Morgan fingerprint density at radius 3 is 2.40 bits per heavy atom. The fourth-order valence-corrected chi connectivity index (χ4v) is 5.69. The summed E-state index contributed by atoms with van der Waals surface area (Å²) < 4.78 is 2.06. The van der Waals surface area contributed by atoms with E-state index in [4.69, 9.17) is 0 Å². The molecule has 2 aliphatic carbocycles. The molecule has 2 aromatic carbocycles. The van der Waals surface area contributed by atoms with E-state index in [2.05, 4.69) is 64.1 Å². The summed E-state index contributed by atoms with van der Waals surface area (Å²) in [6.45, 7) is 0. The van der Waals surface area contributed by atoms with Crippen molar-refractivity contribution in [2.45, 2.75) is 56.5 Å². The fraction of sp³-hybridized carbons (Fsp3) is 0.370. The third-order valence-electron chi connectivity index (χ3n) is 7.46. The number of hydrogen-bond donors (Lipinski definition) is 1. The Morgan fingerprint density at radius 2 is 1.57 bits per heavy atom. The van der Waals surface area contributed by atoms with Gasteiger partial charge in [0.15, 0.2) is 0 Å². The van der Waals surface area contributed by atoms with E-state index in [0.29, 0.717) is 17.8 Å². The average molecular weight is 397 g/mol. The molecule has 3 heteroatoms. The maximum atomic E-state index is 11.5. The Labute approximate surface area is 177 Å². The van der Waals surface area contributed by atoms with Crippen molar-refractivity contribution < 1.29 is 5.11 Å². The van der Waals surface area contributed by atoms with Gasteiger partial charge < -0.3 is 9.51 Å². The lowest BCUT2D eigenvalue weighted by Crippen LogP contribution is -2.21. The standard InChI is InChI=1S/C27H28N2O/c30-27(26-24(20-8-9-20)14-15-29-17-28-16-25(26)29)21-12-10-19(11-13-21)23-7-3-5-18-4-1-2-6-22(18)23/h1-7,14-17,19-21,27,30H,8-13H2/t19-,21-,27-/m1/s1. The van der Waals surface area contributed by atoms with Crippen LogP contribution >= 0.6 is 0 Å². The van der Waals surface area contributed by atoms with Crippen molar-refractivity contribution in [1.29, 1.82) is 0 Å². The maximum absolute atomic E-state index is 11.5. The second-order valence-electron chi connectivity index (χ2n) is 9.27. The zero-order valence-electron chi connectivity index (χ0n) is 17.2. The number of fused-ring (bicyclic) bond motifs is 2. The summed E-state index contributed by atoms with van der Waals surface area (Å²) >= 11 is 0. The molecule has 2 aliphatic rings. The molecule has 2 heterocycles. The number of aromatic nitrogens is 2. The normalized spacial score (nSPS) is 23.1. The lowest BCUT2D eigenvalue weighted by molar-refractivity contribution is 0.0811. The zero-order valence-corrected chi connectivity index (χ0v) is 17.2. The largest absolute Gasteiger partial charge is 0.388 e. The first-order valence-corrected chi connectivity index (χ1v) is 11.4. The van der Waals surface area contributed by atoms with E-state index in [0.717, 1.165) is 36.8 Å². The van der Waals surface area contributed by atoms with E-state index >= 15 is 0 Å². The van der Waals surface area contributed by atoms with Gasteiger partial charge >= 0.3 is 0 Å². The molecule has 152 valence electrons. The molecule has 4 aromatic rings. The van der Waals surface area contributed by atoms with E-state index < -0.39 is 6.10 Å². The average Bonchev–Trinajstić information content (AvgIpc) is 3.54. The topological polar surface area (TPSA) is 37.5 Å². The molecule has 30 heavy (non-hydrogen) atoms. The molecule has 0 aliphatic heterocycles. The Bertz CT molecular complexity index is 1190. The van der Waals surface area contributed by atoms with Crippen molar-refractivity contribution in [2.24, 2.45) is 5.92 Å². The van der Waals surface area contributed by atoms with Gasteiger partial charge in [-0.05, 0) is 84.2 Å². The Kier molecular flexibility index (Phi) is 4.38. The van der Waals surface area contributed by atoms with E-state index in [1.807, 2.05) is 12.5 Å². The minimum atomic E-state index is -0.394. The lowest BCUT2D eigenvalue weighted by Gasteiger charge is -2.33. The number of aliphatic hydroxyl groups excluding tert-OH is 1. The molecule has 2 saturated carbocycles. The van der Waals surface area contributed by atoms with Gasteiger partial charge in [-0.3, -0.25) is 0 Å². The molecule has 0 saturated heterocycles. The summed E-state index contributed by atoms with van der Waals surface area (Å²) in [5, 5.41) is 14.2. The molecular formula is C27H28N2O. The molecular weight excluding hydrogens is 368 g/mol. The third-order valence-corrected chi connectivity index (χ3v) is 7.46. The number of imidazole rings is 1. The predicted octanol–water partition coefficient (Wildman–Crippen LogP) is 6.37. The number of rotatable bonds is 4. The van der Waals surface area contributed by atoms with Gasteiger partial charge in [0.25, 0.3) is 0 Å². The SMILES string of the molecule is O[C@@H](c1c(C2CC2)ccn2cncc12)[C@H]1CC[C@H](c2cccc3ccccc32)CC1. The number of nitrogens with zero attached hydrogens (tertiary/aromatic N) is 2.